The van der Waals surface area contributed by atoms with Crippen LogP contribution in [0.25, 0.3) is 0 Å². The molecule has 1 aromatic rings. The topological polar surface area (TPSA) is 46.2 Å². The molecule has 3 N–H and O–H groups in total. The van der Waals surface area contributed by atoms with Gasteiger partial charge in [-0.2, -0.15) is 0 Å². The second-order valence-electron chi connectivity index (χ2n) is 4.97. The molecule has 1 saturated carbocycles. The molecule has 0 bridgehead atoms. The maximum Gasteiger partial charge on any atom is 0.126 e. The van der Waals surface area contributed by atoms with Gasteiger partial charge in [-0.1, -0.05) is 18.0 Å². The molecule has 0 spiro atoms. The first kappa shape index (κ1) is 12.8. The molecule has 0 aromatic heterocycles. The molecule has 1 fully saturated rings. The maximum atomic E-state index is 13.6. The fraction of sp³-hybridized carbons (Fsp3) is 0.538. The second kappa shape index (κ2) is 4.56. The molecule has 94 valence electrons. The Morgan fingerprint density at radius 2 is 2.18 bits per heavy atom. The summed E-state index contributed by atoms with van der Waals surface area (Å²) in [6, 6.07) is 2.59. The Bertz CT molecular complexity index is 426. The quantitative estimate of drug-likeness (QED) is 0.875. The molecular formula is C13H17ClFNO. The van der Waals surface area contributed by atoms with Crippen molar-refractivity contribution in [3.63, 3.8) is 0 Å². The summed E-state index contributed by atoms with van der Waals surface area (Å²) < 4.78 is 13.6. The number of benzene rings is 1. The van der Waals surface area contributed by atoms with E-state index in [-0.39, 0.29) is 17.8 Å². The number of rotatable bonds is 3. The zero-order chi connectivity index (χ0) is 12.6. The van der Waals surface area contributed by atoms with Crippen LogP contribution in [0.4, 0.5) is 4.39 Å². The minimum atomic E-state index is -0.399. The number of hydrogen-bond donors (Lipinski definition) is 2. The third kappa shape index (κ3) is 2.07. The number of aliphatic hydroxyl groups is 1. The highest BCUT2D eigenvalue weighted by Crippen LogP contribution is 2.49. The Morgan fingerprint density at radius 1 is 1.53 bits per heavy atom. The molecule has 0 heterocycles. The maximum absolute atomic E-state index is 13.6. The normalized spacial score (nSPS) is 19.8. The van der Waals surface area contributed by atoms with Crippen molar-refractivity contribution in [3.05, 3.63) is 34.1 Å². The van der Waals surface area contributed by atoms with E-state index in [9.17, 15) is 9.50 Å². The van der Waals surface area contributed by atoms with Gasteiger partial charge in [0.15, 0.2) is 0 Å². The molecule has 2 rings (SSSR count). The van der Waals surface area contributed by atoms with Crippen molar-refractivity contribution in [2.75, 3.05) is 6.61 Å². The first-order valence-corrected chi connectivity index (χ1v) is 6.20. The molecule has 0 saturated heterocycles. The molecule has 1 unspecified atom stereocenters. The van der Waals surface area contributed by atoms with E-state index in [2.05, 4.69) is 0 Å². The molecule has 0 radical (unpaired) electrons. The summed E-state index contributed by atoms with van der Waals surface area (Å²) >= 11 is 6.11. The van der Waals surface area contributed by atoms with Gasteiger partial charge in [0, 0.05) is 16.5 Å². The van der Waals surface area contributed by atoms with Crippen LogP contribution in [0.2, 0.25) is 5.02 Å². The lowest BCUT2D eigenvalue weighted by Crippen LogP contribution is -2.43. The van der Waals surface area contributed by atoms with Crippen molar-refractivity contribution in [3.8, 4) is 0 Å². The van der Waals surface area contributed by atoms with Crippen LogP contribution in [-0.4, -0.2) is 11.7 Å². The van der Waals surface area contributed by atoms with Gasteiger partial charge in [0.05, 0.1) is 6.61 Å². The molecule has 4 heteroatoms. The SMILES string of the molecule is Cc1cc(Cl)c(C(N)C2(CO)CCC2)cc1F. The van der Waals surface area contributed by atoms with Crippen LogP contribution < -0.4 is 5.73 Å². The third-order valence-corrected chi connectivity index (χ3v) is 4.26. The summed E-state index contributed by atoms with van der Waals surface area (Å²) in [5.74, 6) is -0.299. The van der Waals surface area contributed by atoms with Gasteiger partial charge in [-0.25, -0.2) is 4.39 Å². The van der Waals surface area contributed by atoms with Gasteiger partial charge in [-0.15, -0.1) is 0 Å². The number of aryl methyl sites for hydroxylation is 1. The highest BCUT2D eigenvalue weighted by Gasteiger charge is 2.43. The van der Waals surface area contributed by atoms with Crippen LogP contribution >= 0.6 is 11.6 Å². The summed E-state index contributed by atoms with van der Waals surface area (Å²) in [7, 11) is 0. The fourth-order valence-corrected chi connectivity index (χ4v) is 2.76. The van der Waals surface area contributed by atoms with Gasteiger partial charge in [-0.3, -0.25) is 0 Å². The molecule has 2 nitrogen and oxygen atoms in total. The molecule has 1 aromatic carbocycles. The molecular weight excluding hydrogens is 241 g/mol. The summed E-state index contributed by atoms with van der Waals surface area (Å²) in [5, 5.41) is 9.95. The summed E-state index contributed by atoms with van der Waals surface area (Å²) in [6.45, 7) is 1.70. The van der Waals surface area contributed by atoms with Crippen molar-refractivity contribution in [1.82, 2.24) is 0 Å². The Balaban J connectivity index is 2.36. The average Bonchev–Trinajstić information content (AvgIpc) is 2.22. The molecule has 1 aliphatic rings. The predicted molar refractivity (Wildman–Crippen MR) is 66.4 cm³/mol. The van der Waals surface area contributed by atoms with Crippen LogP contribution in [0.3, 0.4) is 0 Å². The lowest BCUT2D eigenvalue weighted by molar-refractivity contribution is 0.0183. The zero-order valence-electron chi connectivity index (χ0n) is 9.84. The van der Waals surface area contributed by atoms with Crippen LogP contribution in [0.1, 0.15) is 36.4 Å². The number of aliphatic hydroxyl groups excluding tert-OH is 1. The molecule has 17 heavy (non-hydrogen) atoms. The highest BCUT2D eigenvalue weighted by molar-refractivity contribution is 6.31. The van der Waals surface area contributed by atoms with Gasteiger partial charge >= 0.3 is 0 Å². The highest BCUT2D eigenvalue weighted by atomic mass is 35.5. The van der Waals surface area contributed by atoms with Gasteiger partial charge in [0.25, 0.3) is 0 Å². The summed E-state index contributed by atoms with van der Waals surface area (Å²) in [6.07, 6.45) is 2.80. The first-order valence-electron chi connectivity index (χ1n) is 5.82. The van der Waals surface area contributed by atoms with E-state index >= 15 is 0 Å². The first-order chi connectivity index (χ1) is 8.00. The number of hydrogen-bond acceptors (Lipinski definition) is 2. The van der Waals surface area contributed by atoms with Gasteiger partial charge < -0.3 is 10.8 Å². The van der Waals surface area contributed by atoms with E-state index in [1.165, 1.54) is 6.07 Å². The lowest BCUT2D eigenvalue weighted by atomic mass is 9.63. The molecule has 1 atom stereocenters. The second-order valence-corrected chi connectivity index (χ2v) is 5.38. The van der Waals surface area contributed by atoms with E-state index in [4.69, 9.17) is 17.3 Å². The van der Waals surface area contributed by atoms with Crippen LogP contribution in [-0.2, 0) is 0 Å². The van der Waals surface area contributed by atoms with Gasteiger partial charge in [-0.05, 0) is 43.0 Å². The monoisotopic (exact) mass is 257 g/mol. The molecule has 0 amide bonds. The van der Waals surface area contributed by atoms with E-state index in [0.717, 1.165) is 19.3 Å². The van der Waals surface area contributed by atoms with Crippen molar-refractivity contribution in [1.29, 1.82) is 0 Å². The van der Waals surface area contributed by atoms with Crippen molar-refractivity contribution in [2.24, 2.45) is 11.1 Å². The number of nitrogens with two attached hydrogens (primary N) is 1. The summed E-state index contributed by atoms with van der Waals surface area (Å²) in [4.78, 5) is 0. The third-order valence-electron chi connectivity index (χ3n) is 3.94. The van der Waals surface area contributed by atoms with Crippen molar-refractivity contribution in [2.45, 2.75) is 32.2 Å². The van der Waals surface area contributed by atoms with Crippen LogP contribution in [0.15, 0.2) is 12.1 Å². The van der Waals surface area contributed by atoms with Crippen molar-refractivity contribution < 1.29 is 9.50 Å². The standard InChI is InChI=1S/C13H17ClFNO/c1-8-5-10(14)9(6-11(8)15)12(16)13(7-17)3-2-4-13/h5-6,12,17H,2-4,7,16H2,1H3. The van der Waals surface area contributed by atoms with E-state index in [1.54, 1.807) is 13.0 Å². The lowest BCUT2D eigenvalue weighted by Gasteiger charge is -2.45. The number of halogens is 2. The Morgan fingerprint density at radius 3 is 2.65 bits per heavy atom. The predicted octanol–water partition coefficient (Wildman–Crippen LogP) is 2.95. The average molecular weight is 258 g/mol. The summed E-state index contributed by atoms with van der Waals surface area (Å²) in [5.41, 5.74) is 6.95. The van der Waals surface area contributed by atoms with Gasteiger partial charge in [0.2, 0.25) is 0 Å². The van der Waals surface area contributed by atoms with Gasteiger partial charge in [0.1, 0.15) is 5.82 Å². The largest absolute Gasteiger partial charge is 0.396 e. The van der Waals surface area contributed by atoms with Crippen LogP contribution in [0.5, 0.6) is 0 Å². The van der Waals surface area contributed by atoms with E-state index < -0.39 is 6.04 Å². The fourth-order valence-electron chi connectivity index (χ4n) is 2.43. The minimum Gasteiger partial charge on any atom is -0.396 e. The minimum absolute atomic E-state index is 0.0278. The Labute approximate surface area is 106 Å². The molecule has 0 aliphatic heterocycles. The van der Waals surface area contributed by atoms with Crippen LogP contribution in [0, 0.1) is 18.2 Å². The Kier molecular flexibility index (Phi) is 3.43. The zero-order valence-corrected chi connectivity index (χ0v) is 10.6. The smallest absolute Gasteiger partial charge is 0.126 e. The van der Waals surface area contributed by atoms with E-state index in [0.29, 0.717) is 16.1 Å². The molecule has 1 aliphatic carbocycles. The van der Waals surface area contributed by atoms with Crippen molar-refractivity contribution >= 4 is 11.6 Å². The Hall–Kier alpha value is -0.640. The van der Waals surface area contributed by atoms with E-state index in [1.807, 2.05) is 0 Å².